The van der Waals surface area contributed by atoms with Gasteiger partial charge in [0.1, 0.15) is 4.99 Å². The molecule has 2 rings (SSSR count). The lowest BCUT2D eigenvalue weighted by Gasteiger charge is -2.08. The molecule has 0 heterocycles. The van der Waals surface area contributed by atoms with Crippen LogP contribution in [-0.4, -0.2) is 10.9 Å². The van der Waals surface area contributed by atoms with Gasteiger partial charge in [0.2, 0.25) is 0 Å². The summed E-state index contributed by atoms with van der Waals surface area (Å²) in [6.07, 6.45) is 0. The lowest BCUT2D eigenvalue weighted by Crippen LogP contribution is -2.23. The van der Waals surface area contributed by atoms with Crippen molar-refractivity contribution < 1.29 is 4.79 Å². The molecule has 0 aromatic heterocycles. The Morgan fingerprint density at radius 3 is 2.38 bits per heavy atom. The quantitative estimate of drug-likeness (QED) is 0.838. The summed E-state index contributed by atoms with van der Waals surface area (Å²) in [4.78, 5) is 12.4. The van der Waals surface area contributed by atoms with Gasteiger partial charge in [-0.1, -0.05) is 59.7 Å². The van der Waals surface area contributed by atoms with Gasteiger partial charge in [-0.3, -0.25) is 4.79 Å². The second kappa shape index (κ2) is 6.89. The normalized spacial score (nSPS) is 10.2. The van der Waals surface area contributed by atoms with E-state index in [0.717, 1.165) is 11.1 Å². The van der Waals surface area contributed by atoms with Crippen molar-refractivity contribution in [1.29, 1.82) is 0 Å². The SMILES string of the molecule is NC(=S)c1ccc(CNC(=O)c2ccc(Cl)cc2Cl)cc1. The monoisotopic (exact) mass is 338 g/mol. The number of carbonyl (C=O) groups excluding carboxylic acids is 1. The number of nitrogens with two attached hydrogens (primary N) is 1. The molecular formula is C15H12Cl2N2OS. The van der Waals surface area contributed by atoms with Gasteiger partial charge in [-0.2, -0.15) is 0 Å². The summed E-state index contributed by atoms with van der Waals surface area (Å²) >= 11 is 16.7. The van der Waals surface area contributed by atoms with Crippen LogP contribution in [0.3, 0.4) is 0 Å². The molecule has 0 radical (unpaired) electrons. The van der Waals surface area contributed by atoms with E-state index in [2.05, 4.69) is 5.32 Å². The predicted octanol–water partition coefficient (Wildman–Crippen LogP) is 3.56. The van der Waals surface area contributed by atoms with E-state index < -0.39 is 0 Å². The summed E-state index contributed by atoms with van der Waals surface area (Å²) in [5.41, 5.74) is 7.65. The highest BCUT2D eigenvalue weighted by atomic mass is 35.5. The van der Waals surface area contributed by atoms with Gasteiger partial charge in [-0.05, 0) is 23.8 Å². The van der Waals surface area contributed by atoms with Crippen LogP contribution in [0.5, 0.6) is 0 Å². The summed E-state index contributed by atoms with van der Waals surface area (Å²) in [7, 11) is 0. The lowest BCUT2D eigenvalue weighted by molar-refractivity contribution is 0.0951. The fraction of sp³-hybridized carbons (Fsp3) is 0.0667. The van der Waals surface area contributed by atoms with Gasteiger partial charge in [0.05, 0.1) is 10.6 Å². The lowest BCUT2D eigenvalue weighted by atomic mass is 10.1. The molecule has 6 heteroatoms. The van der Waals surface area contributed by atoms with E-state index in [0.29, 0.717) is 27.1 Å². The molecule has 0 atom stereocenters. The minimum atomic E-state index is -0.255. The summed E-state index contributed by atoms with van der Waals surface area (Å²) in [5, 5.41) is 3.61. The molecule has 108 valence electrons. The molecule has 3 nitrogen and oxygen atoms in total. The Morgan fingerprint density at radius 1 is 1.14 bits per heavy atom. The molecule has 0 saturated heterocycles. The van der Waals surface area contributed by atoms with Crippen LogP contribution >= 0.6 is 35.4 Å². The first-order valence-electron chi connectivity index (χ1n) is 6.09. The molecule has 0 aliphatic heterocycles. The maximum absolute atomic E-state index is 12.0. The van der Waals surface area contributed by atoms with Gasteiger partial charge >= 0.3 is 0 Å². The van der Waals surface area contributed by atoms with Crippen molar-refractivity contribution in [3.63, 3.8) is 0 Å². The van der Waals surface area contributed by atoms with Crippen LogP contribution in [0.1, 0.15) is 21.5 Å². The van der Waals surface area contributed by atoms with Crippen molar-refractivity contribution in [2.45, 2.75) is 6.54 Å². The van der Waals surface area contributed by atoms with Gasteiger partial charge in [-0.25, -0.2) is 0 Å². The molecule has 21 heavy (non-hydrogen) atoms. The molecule has 1 amide bonds. The summed E-state index contributed by atoms with van der Waals surface area (Å²) < 4.78 is 0. The number of carbonyl (C=O) groups is 1. The highest BCUT2D eigenvalue weighted by Crippen LogP contribution is 2.20. The van der Waals surface area contributed by atoms with E-state index in [1.165, 1.54) is 6.07 Å². The molecule has 0 unspecified atom stereocenters. The van der Waals surface area contributed by atoms with Crippen molar-refractivity contribution in [3.05, 3.63) is 69.2 Å². The number of amides is 1. The maximum Gasteiger partial charge on any atom is 0.253 e. The predicted molar refractivity (Wildman–Crippen MR) is 90.0 cm³/mol. The van der Waals surface area contributed by atoms with Crippen LogP contribution in [0.2, 0.25) is 10.0 Å². The van der Waals surface area contributed by atoms with E-state index in [-0.39, 0.29) is 5.91 Å². The Morgan fingerprint density at radius 2 is 1.81 bits per heavy atom. The van der Waals surface area contributed by atoms with Crippen molar-refractivity contribution >= 4 is 46.3 Å². The summed E-state index contributed by atoms with van der Waals surface area (Å²) in [6, 6.07) is 12.1. The first-order chi connectivity index (χ1) is 9.97. The summed E-state index contributed by atoms with van der Waals surface area (Å²) in [5.74, 6) is -0.255. The Labute approximate surface area is 138 Å². The molecule has 2 aromatic rings. The van der Waals surface area contributed by atoms with Crippen LogP contribution in [-0.2, 0) is 6.54 Å². The van der Waals surface area contributed by atoms with E-state index in [4.69, 9.17) is 41.2 Å². The van der Waals surface area contributed by atoms with Crippen molar-refractivity contribution in [2.75, 3.05) is 0 Å². The Hall–Kier alpha value is -1.62. The molecule has 0 saturated carbocycles. The third kappa shape index (κ3) is 4.17. The zero-order valence-corrected chi connectivity index (χ0v) is 13.2. The first-order valence-corrected chi connectivity index (χ1v) is 7.26. The molecule has 0 aliphatic rings. The highest BCUT2D eigenvalue weighted by molar-refractivity contribution is 7.80. The van der Waals surface area contributed by atoms with Gasteiger partial charge in [0.25, 0.3) is 5.91 Å². The Balaban J connectivity index is 2.02. The van der Waals surface area contributed by atoms with Gasteiger partial charge in [0.15, 0.2) is 0 Å². The van der Waals surface area contributed by atoms with Crippen LogP contribution in [0.25, 0.3) is 0 Å². The summed E-state index contributed by atoms with van der Waals surface area (Å²) in [6.45, 7) is 0.384. The highest BCUT2D eigenvalue weighted by Gasteiger charge is 2.10. The molecular weight excluding hydrogens is 327 g/mol. The smallest absolute Gasteiger partial charge is 0.253 e. The van der Waals surface area contributed by atoms with Gasteiger partial charge in [-0.15, -0.1) is 0 Å². The average molecular weight is 339 g/mol. The molecule has 0 spiro atoms. The third-order valence-corrected chi connectivity index (χ3v) is 3.65. The Kier molecular flexibility index (Phi) is 5.17. The van der Waals surface area contributed by atoms with E-state index in [1.54, 1.807) is 12.1 Å². The fourth-order valence-electron chi connectivity index (χ4n) is 1.74. The molecule has 3 N–H and O–H groups in total. The van der Waals surface area contributed by atoms with Crippen LogP contribution in [0, 0.1) is 0 Å². The number of thiocarbonyl (C=S) groups is 1. The fourth-order valence-corrected chi connectivity index (χ4v) is 2.37. The number of benzene rings is 2. The van der Waals surface area contributed by atoms with Crippen LogP contribution in [0.4, 0.5) is 0 Å². The minimum Gasteiger partial charge on any atom is -0.389 e. The van der Waals surface area contributed by atoms with Gasteiger partial charge in [0, 0.05) is 17.1 Å². The average Bonchev–Trinajstić information content (AvgIpc) is 2.45. The van der Waals surface area contributed by atoms with Crippen LogP contribution < -0.4 is 11.1 Å². The van der Waals surface area contributed by atoms with Crippen LogP contribution in [0.15, 0.2) is 42.5 Å². The Bertz CT molecular complexity index is 687. The topological polar surface area (TPSA) is 55.1 Å². The largest absolute Gasteiger partial charge is 0.389 e. The van der Waals surface area contributed by atoms with Crippen molar-refractivity contribution in [2.24, 2.45) is 5.73 Å². The second-order valence-corrected chi connectivity index (χ2v) is 5.65. The second-order valence-electron chi connectivity index (χ2n) is 4.37. The first kappa shape index (κ1) is 15.8. The number of hydrogen-bond acceptors (Lipinski definition) is 2. The van der Waals surface area contributed by atoms with E-state index in [9.17, 15) is 4.79 Å². The number of rotatable bonds is 4. The molecule has 0 bridgehead atoms. The molecule has 0 fully saturated rings. The molecule has 0 aliphatic carbocycles. The minimum absolute atomic E-state index is 0.255. The number of halogens is 2. The van der Waals surface area contributed by atoms with E-state index >= 15 is 0 Å². The van der Waals surface area contributed by atoms with E-state index in [1.807, 2.05) is 24.3 Å². The molecule has 2 aromatic carbocycles. The zero-order valence-electron chi connectivity index (χ0n) is 10.9. The zero-order chi connectivity index (χ0) is 15.4. The standard InChI is InChI=1S/C15H12Cl2N2OS/c16-11-5-6-12(13(17)7-11)15(20)19-8-9-1-3-10(4-2-9)14(18)21/h1-7H,8H2,(H2,18,21)(H,19,20). The van der Waals surface area contributed by atoms with Gasteiger partial charge < -0.3 is 11.1 Å². The number of nitrogens with one attached hydrogen (secondary N) is 1. The van der Waals surface area contributed by atoms with Crippen molar-refractivity contribution in [3.8, 4) is 0 Å². The third-order valence-electron chi connectivity index (χ3n) is 2.87. The maximum atomic E-state index is 12.0. The number of hydrogen-bond donors (Lipinski definition) is 2. The van der Waals surface area contributed by atoms with Crippen molar-refractivity contribution in [1.82, 2.24) is 5.32 Å².